The largest absolute Gasteiger partial charge is 0.383 e. The van der Waals surface area contributed by atoms with Gasteiger partial charge in [-0.25, -0.2) is 14.5 Å². The Labute approximate surface area is 159 Å². The zero-order valence-corrected chi connectivity index (χ0v) is 15.3. The fourth-order valence-corrected chi connectivity index (χ4v) is 3.63. The molecule has 1 unspecified atom stereocenters. The summed E-state index contributed by atoms with van der Waals surface area (Å²) in [5.41, 5.74) is 2.13. The summed E-state index contributed by atoms with van der Waals surface area (Å²) in [6.07, 6.45) is 5.84. The molecule has 0 amide bonds. The van der Waals surface area contributed by atoms with Crippen molar-refractivity contribution >= 4 is 28.0 Å². The maximum atomic E-state index is 10.7. The van der Waals surface area contributed by atoms with Crippen molar-refractivity contribution in [3.8, 4) is 11.4 Å². The number of ether oxygens (including phenoxy) is 1. The monoisotopic (exact) mass is 381 g/mol. The quantitative estimate of drug-likeness (QED) is 0.537. The van der Waals surface area contributed by atoms with E-state index >= 15 is 0 Å². The summed E-state index contributed by atoms with van der Waals surface area (Å²) in [7, 11) is 0. The average Bonchev–Trinajstić information content (AvgIpc) is 3.28. The highest BCUT2D eigenvalue weighted by molar-refractivity contribution is 6.30. The highest BCUT2D eigenvalue weighted by Crippen LogP contribution is 2.32. The minimum Gasteiger partial charge on any atom is -0.383 e. The number of nitrogens with zero attached hydrogens (tertiary/aromatic N) is 5. The molecule has 0 aromatic carbocycles. The van der Waals surface area contributed by atoms with Gasteiger partial charge in [0.2, 0.25) is 0 Å². The Morgan fingerprint density at radius 3 is 2.93 bits per heavy atom. The van der Waals surface area contributed by atoms with Gasteiger partial charge in [0.15, 0.2) is 11.5 Å². The first-order valence-corrected chi connectivity index (χ1v) is 9.00. The van der Waals surface area contributed by atoms with Crippen LogP contribution in [0.1, 0.15) is 17.7 Å². The molecule has 5 rings (SSSR count). The van der Waals surface area contributed by atoms with Crippen molar-refractivity contribution in [2.75, 3.05) is 13.2 Å². The second-order valence-electron chi connectivity index (χ2n) is 6.80. The van der Waals surface area contributed by atoms with E-state index in [-0.39, 0.29) is 6.61 Å². The Morgan fingerprint density at radius 2 is 2.11 bits per heavy atom. The van der Waals surface area contributed by atoms with Crippen LogP contribution in [0.4, 0.5) is 0 Å². The van der Waals surface area contributed by atoms with Gasteiger partial charge in [-0.1, -0.05) is 17.7 Å². The summed E-state index contributed by atoms with van der Waals surface area (Å²) in [6.45, 7) is 2.76. The van der Waals surface area contributed by atoms with Crippen LogP contribution >= 0.6 is 11.6 Å². The van der Waals surface area contributed by atoms with Crippen molar-refractivity contribution in [2.24, 2.45) is 0 Å². The summed E-state index contributed by atoms with van der Waals surface area (Å²) in [5.74, 6) is 0.543. The van der Waals surface area contributed by atoms with Crippen LogP contribution in [-0.2, 0) is 10.3 Å². The molecule has 136 valence electrons. The van der Waals surface area contributed by atoms with Gasteiger partial charge >= 0.3 is 0 Å². The minimum absolute atomic E-state index is 0.290. The molecule has 1 fully saturated rings. The Morgan fingerprint density at radius 1 is 1.22 bits per heavy atom. The lowest BCUT2D eigenvalue weighted by molar-refractivity contribution is 0.0228. The van der Waals surface area contributed by atoms with Crippen LogP contribution in [0, 0.1) is 6.92 Å². The lowest BCUT2D eigenvalue weighted by atomic mass is 9.95. The first-order valence-electron chi connectivity index (χ1n) is 8.62. The first kappa shape index (κ1) is 16.6. The number of halogens is 1. The molecular weight excluding hydrogens is 366 g/mol. The number of hydrogen-bond donors (Lipinski definition) is 1. The van der Waals surface area contributed by atoms with Crippen LogP contribution in [-0.4, -0.2) is 42.9 Å². The second-order valence-corrected chi connectivity index (χ2v) is 7.19. The summed E-state index contributed by atoms with van der Waals surface area (Å²) in [4.78, 5) is 13.2. The first-order chi connectivity index (χ1) is 13.0. The van der Waals surface area contributed by atoms with Crippen LogP contribution in [0.3, 0.4) is 0 Å². The molecule has 1 saturated heterocycles. The van der Waals surface area contributed by atoms with Gasteiger partial charge < -0.3 is 9.84 Å². The van der Waals surface area contributed by atoms with Crippen molar-refractivity contribution in [1.29, 1.82) is 0 Å². The van der Waals surface area contributed by atoms with Crippen molar-refractivity contribution in [2.45, 2.75) is 18.9 Å². The Kier molecular flexibility index (Phi) is 3.65. The molecule has 4 aromatic heterocycles. The fourth-order valence-electron chi connectivity index (χ4n) is 3.47. The number of hydrogen-bond acceptors (Lipinski definition) is 6. The minimum atomic E-state index is -0.975. The third-order valence-electron chi connectivity index (χ3n) is 5.05. The summed E-state index contributed by atoms with van der Waals surface area (Å²) >= 11 is 6.10. The zero-order chi connectivity index (χ0) is 18.6. The van der Waals surface area contributed by atoms with Crippen LogP contribution < -0.4 is 0 Å². The SMILES string of the molecule is Cc1ncc(-c2nc3ccc(C4(O)CCOC4)cn3n2)c2cc(Cl)ncc12. The maximum Gasteiger partial charge on any atom is 0.184 e. The van der Waals surface area contributed by atoms with E-state index in [4.69, 9.17) is 16.3 Å². The molecular formula is C19H16ClN5O2. The molecule has 0 saturated carbocycles. The van der Waals surface area contributed by atoms with Crippen molar-refractivity contribution in [3.63, 3.8) is 0 Å². The smallest absolute Gasteiger partial charge is 0.184 e. The highest BCUT2D eigenvalue weighted by atomic mass is 35.5. The molecule has 1 aliphatic rings. The lowest BCUT2D eigenvalue weighted by Crippen LogP contribution is -2.26. The fraction of sp³-hybridized carbons (Fsp3) is 0.263. The second kappa shape index (κ2) is 5.95. The average molecular weight is 382 g/mol. The molecule has 0 spiro atoms. The summed E-state index contributed by atoms with van der Waals surface area (Å²) in [5, 5.41) is 17.6. The van der Waals surface area contributed by atoms with E-state index < -0.39 is 5.60 Å². The van der Waals surface area contributed by atoms with Crippen LogP contribution in [0.15, 0.2) is 36.8 Å². The van der Waals surface area contributed by atoms with Gasteiger partial charge in [-0.15, -0.1) is 5.10 Å². The number of aromatic nitrogens is 5. The van der Waals surface area contributed by atoms with Crippen molar-refractivity contribution < 1.29 is 9.84 Å². The number of rotatable bonds is 2. The molecule has 7 nitrogen and oxygen atoms in total. The van der Waals surface area contributed by atoms with Crippen LogP contribution in [0.2, 0.25) is 5.15 Å². The number of pyridine rings is 3. The molecule has 27 heavy (non-hydrogen) atoms. The van der Waals surface area contributed by atoms with E-state index in [9.17, 15) is 5.11 Å². The van der Waals surface area contributed by atoms with Gasteiger partial charge in [0, 0.05) is 59.2 Å². The third kappa shape index (κ3) is 2.66. The third-order valence-corrected chi connectivity index (χ3v) is 5.25. The Hall–Kier alpha value is -2.61. The van der Waals surface area contributed by atoms with Gasteiger partial charge in [0.25, 0.3) is 0 Å². The van der Waals surface area contributed by atoms with Gasteiger partial charge in [0.05, 0.1) is 6.61 Å². The highest BCUT2D eigenvalue weighted by Gasteiger charge is 2.34. The van der Waals surface area contributed by atoms with Gasteiger partial charge in [-0.05, 0) is 19.1 Å². The Bertz CT molecular complexity index is 1180. The van der Waals surface area contributed by atoms with E-state index in [1.165, 1.54) is 0 Å². The van der Waals surface area contributed by atoms with E-state index in [1.807, 2.05) is 19.1 Å². The Balaban J connectivity index is 1.67. The number of fused-ring (bicyclic) bond motifs is 2. The van der Waals surface area contributed by atoms with Gasteiger partial charge in [0.1, 0.15) is 10.8 Å². The molecule has 4 aromatic rings. The van der Waals surface area contributed by atoms with E-state index in [2.05, 4.69) is 20.1 Å². The van der Waals surface area contributed by atoms with Crippen LogP contribution in [0.25, 0.3) is 27.8 Å². The van der Waals surface area contributed by atoms with Gasteiger partial charge in [-0.3, -0.25) is 4.98 Å². The molecule has 1 aliphatic heterocycles. The predicted octanol–water partition coefficient (Wildman–Crippen LogP) is 2.91. The zero-order valence-electron chi connectivity index (χ0n) is 14.6. The molecule has 5 heterocycles. The molecule has 8 heteroatoms. The normalized spacial score (nSPS) is 20.0. The summed E-state index contributed by atoms with van der Waals surface area (Å²) < 4.78 is 7.03. The molecule has 0 bridgehead atoms. The van der Waals surface area contributed by atoms with Gasteiger partial charge in [-0.2, -0.15) is 0 Å². The molecule has 1 N–H and O–H groups in total. The number of aliphatic hydroxyl groups is 1. The standard InChI is InChI=1S/C19H16ClN5O2/c1-11-14-7-22-16(20)6-13(14)15(8-21-11)18-23-17-3-2-12(9-25(17)24-18)19(26)4-5-27-10-19/h2-3,6-9,26H,4-5,10H2,1H3. The van der Waals surface area contributed by atoms with Crippen LogP contribution in [0.5, 0.6) is 0 Å². The molecule has 0 aliphatic carbocycles. The summed E-state index contributed by atoms with van der Waals surface area (Å²) in [6, 6.07) is 5.52. The maximum absolute atomic E-state index is 10.7. The van der Waals surface area contributed by atoms with E-state index in [0.717, 1.165) is 27.6 Å². The van der Waals surface area contributed by atoms with E-state index in [1.54, 1.807) is 29.2 Å². The topological polar surface area (TPSA) is 85.4 Å². The van der Waals surface area contributed by atoms with Crippen molar-refractivity contribution in [1.82, 2.24) is 24.6 Å². The van der Waals surface area contributed by atoms with Crippen molar-refractivity contribution in [3.05, 3.63) is 53.2 Å². The molecule has 1 atom stereocenters. The van der Waals surface area contributed by atoms with E-state index in [0.29, 0.717) is 29.7 Å². The molecule has 0 radical (unpaired) electrons. The predicted molar refractivity (Wildman–Crippen MR) is 101 cm³/mol. The number of aryl methyl sites for hydroxylation is 1. The lowest BCUT2D eigenvalue weighted by Gasteiger charge is -2.20.